The predicted octanol–water partition coefficient (Wildman–Crippen LogP) is 2.85. The zero-order valence-corrected chi connectivity index (χ0v) is 21.0. The molecule has 192 valence electrons. The van der Waals surface area contributed by atoms with Gasteiger partial charge in [-0.3, -0.25) is 0 Å². The van der Waals surface area contributed by atoms with Crippen LogP contribution >= 0.6 is 0 Å². The number of nitrogens with one attached hydrogen (secondary N) is 2. The van der Waals surface area contributed by atoms with Crippen molar-refractivity contribution in [3.63, 3.8) is 0 Å². The average molecular weight is 487 g/mol. The van der Waals surface area contributed by atoms with E-state index in [1.165, 1.54) is 25.1 Å². The highest BCUT2D eigenvalue weighted by Gasteiger charge is 2.20. The van der Waals surface area contributed by atoms with Crippen LogP contribution in [0.15, 0.2) is 24.5 Å². The number of nitrogens with zero attached hydrogens (tertiary/aromatic N) is 4. The van der Waals surface area contributed by atoms with Gasteiger partial charge in [0.2, 0.25) is 5.88 Å². The Balaban J connectivity index is 1.49. The predicted molar refractivity (Wildman–Crippen MR) is 135 cm³/mol. The number of aromatic nitrogens is 3. The number of hydrogen-bond donors (Lipinski definition) is 3. The van der Waals surface area contributed by atoms with Crippen molar-refractivity contribution >= 4 is 17.6 Å². The summed E-state index contributed by atoms with van der Waals surface area (Å²) in [5, 5.41) is 16.1. The zero-order chi connectivity index (χ0) is 25.0. The number of unbranched alkanes of at least 4 members (excludes halogenated alkanes) is 1. The van der Waals surface area contributed by atoms with E-state index in [2.05, 4.69) is 37.6 Å². The number of anilines is 2. The third-order valence-electron chi connectivity index (χ3n) is 6.22. The summed E-state index contributed by atoms with van der Waals surface area (Å²) in [6.45, 7) is 5.25. The van der Waals surface area contributed by atoms with Crippen LogP contribution in [0.3, 0.4) is 0 Å². The summed E-state index contributed by atoms with van der Waals surface area (Å²) < 4.78 is 10.5. The summed E-state index contributed by atoms with van der Waals surface area (Å²) in [4.78, 5) is 27.2. The molecule has 0 saturated heterocycles. The van der Waals surface area contributed by atoms with Gasteiger partial charge in [-0.1, -0.05) is 6.07 Å². The van der Waals surface area contributed by atoms with Gasteiger partial charge >= 0.3 is 5.97 Å². The molecule has 3 rings (SSSR count). The van der Waals surface area contributed by atoms with Crippen molar-refractivity contribution in [2.24, 2.45) is 0 Å². The minimum Gasteiger partial charge on any atom is -0.480 e. The summed E-state index contributed by atoms with van der Waals surface area (Å²) in [6.07, 6.45) is 8.63. The highest BCUT2D eigenvalue weighted by atomic mass is 16.5. The Morgan fingerprint density at radius 2 is 2.09 bits per heavy atom. The topological polar surface area (TPSA) is 122 Å². The molecular weight excluding hydrogens is 448 g/mol. The molecule has 0 bridgehead atoms. The third kappa shape index (κ3) is 8.63. The van der Waals surface area contributed by atoms with Gasteiger partial charge in [0.05, 0.1) is 25.6 Å². The Morgan fingerprint density at radius 3 is 2.80 bits per heavy atom. The fraction of sp³-hybridized carbons (Fsp3) is 0.600. The van der Waals surface area contributed by atoms with Crippen LogP contribution in [0.1, 0.15) is 43.9 Å². The Hall–Kier alpha value is -2.98. The molecule has 0 fully saturated rings. The number of carbonyl (C=O) groups is 1. The minimum atomic E-state index is -0.922. The number of pyridine rings is 1. The second-order valence-electron chi connectivity index (χ2n) is 8.91. The lowest BCUT2D eigenvalue weighted by Gasteiger charge is -2.26. The number of fused-ring (bicyclic) bond motifs is 1. The van der Waals surface area contributed by atoms with Gasteiger partial charge in [-0.2, -0.15) is 0 Å². The molecule has 0 aromatic carbocycles. The standard InChI is InChI=1S/C25H38N6O4/c1-18(34-2)17-31(13-5-4-8-20-10-9-19-7-6-12-26-24(19)29-20)14-11-21(25(32)33)30-22-15-28-23(35-3)16-27-22/h9-10,15-16,18,21H,4-8,11-14,17H2,1-3H3,(H,26,29)(H,27,30)(H,32,33)/t18-,21+/m1/s1. The van der Waals surface area contributed by atoms with Crippen molar-refractivity contribution in [3.05, 3.63) is 35.8 Å². The van der Waals surface area contributed by atoms with E-state index in [9.17, 15) is 9.90 Å². The first kappa shape index (κ1) is 26.6. The van der Waals surface area contributed by atoms with Gasteiger partial charge in [-0.05, 0) is 63.6 Å². The second kappa shape index (κ2) is 13.8. The van der Waals surface area contributed by atoms with E-state index in [1.807, 2.05) is 6.92 Å². The summed E-state index contributed by atoms with van der Waals surface area (Å²) in [6, 6.07) is 3.56. The number of methoxy groups -OCH3 is 2. The first-order chi connectivity index (χ1) is 17.0. The molecule has 10 heteroatoms. The van der Waals surface area contributed by atoms with Crippen molar-refractivity contribution in [3.8, 4) is 5.88 Å². The molecule has 0 saturated carbocycles. The van der Waals surface area contributed by atoms with E-state index >= 15 is 0 Å². The van der Waals surface area contributed by atoms with Crippen LogP contribution in [-0.4, -0.2) is 83.5 Å². The Kier molecular flexibility index (Phi) is 10.5. The Labute approximate surface area is 207 Å². The average Bonchev–Trinajstić information content (AvgIpc) is 2.88. The van der Waals surface area contributed by atoms with Crippen molar-refractivity contribution in [2.45, 2.75) is 57.6 Å². The monoisotopic (exact) mass is 486 g/mol. The number of hydrogen-bond acceptors (Lipinski definition) is 9. The van der Waals surface area contributed by atoms with Gasteiger partial charge in [0.15, 0.2) is 0 Å². The van der Waals surface area contributed by atoms with E-state index in [1.54, 1.807) is 7.11 Å². The maximum atomic E-state index is 11.8. The molecule has 0 unspecified atom stereocenters. The molecule has 0 aliphatic carbocycles. The van der Waals surface area contributed by atoms with E-state index in [4.69, 9.17) is 14.5 Å². The number of carboxylic acids is 1. The fourth-order valence-electron chi connectivity index (χ4n) is 4.13. The van der Waals surface area contributed by atoms with Crippen LogP contribution in [0, 0.1) is 0 Å². The molecule has 35 heavy (non-hydrogen) atoms. The molecule has 0 radical (unpaired) electrons. The lowest BCUT2D eigenvalue weighted by molar-refractivity contribution is -0.138. The molecule has 2 atom stereocenters. The molecule has 0 amide bonds. The van der Waals surface area contributed by atoms with Crippen LogP contribution in [0.2, 0.25) is 0 Å². The van der Waals surface area contributed by atoms with Crippen LogP contribution in [0.4, 0.5) is 11.6 Å². The van der Waals surface area contributed by atoms with E-state index in [-0.39, 0.29) is 6.10 Å². The molecule has 3 N–H and O–H groups in total. The summed E-state index contributed by atoms with van der Waals surface area (Å²) in [7, 11) is 3.20. The van der Waals surface area contributed by atoms with Gasteiger partial charge < -0.3 is 30.1 Å². The van der Waals surface area contributed by atoms with Crippen molar-refractivity contribution in [1.29, 1.82) is 0 Å². The molecule has 2 aromatic rings. The number of aliphatic carboxylic acids is 1. The molecule has 3 heterocycles. The van der Waals surface area contributed by atoms with E-state index < -0.39 is 12.0 Å². The van der Waals surface area contributed by atoms with Crippen molar-refractivity contribution in [2.75, 3.05) is 51.0 Å². The fourth-order valence-corrected chi connectivity index (χ4v) is 4.13. The number of ether oxygens (including phenoxy) is 2. The number of carboxylic acid groups (broad SMARTS) is 1. The van der Waals surface area contributed by atoms with Gasteiger partial charge in [-0.25, -0.2) is 19.7 Å². The SMILES string of the molecule is COc1cnc(N[C@@H](CCN(CCCCc2ccc3c(n2)NCCC3)C[C@@H](C)OC)C(=O)O)cn1. The molecule has 10 nitrogen and oxygen atoms in total. The molecular formula is C25H38N6O4. The van der Waals surface area contributed by atoms with Crippen molar-refractivity contribution in [1.82, 2.24) is 19.9 Å². The number of aryl methyl sites for hydroxylation is 2. The van der Waals surface area contributed by atoms with Gasteiger partial charge in [-0.15, -0.1) is 0 Å². The second-order valence-corrected chi connectivity index (χ2v) is 8.91. The van der Waals surface area contributed by atoms with Gasteiger partial charge in [0.1, 0.15) is 17.7 Å². The van der Waals surface area contributed by atoms with Crippen LogP contribution in [-0.2, 0) is 22.4 Å². The third-order valence-corrected chi connectivity index (χ3v) is 6.22. The molecule has 1 aliphatic rings. The summed E-state index contributed by atoms with van der Waals surface area (Å²) >= 11 is 0. The molecule has 1 aliphatic heterocycles. The molecule has 0 spiro atoms. The lowest BCUT2D eigenvalue weighted by atomic mass is 10.1. The Morgan fingerprint density at radius 1 is 1.23 bits per heavy atom. The minimum absolute atomic E-state index is 0.0621. The van der Waals surface area contributed by atoms with Gasteiger partial charge in [0.25, 0.3) is 0 Å². The van der Waals surface area contributed by atoms with E-state index in [0.29, 0.717) is 24.7 Å². The van der Waals surface area contributed by atoms with Crippen LogP contribution in [0.25, 0.3) is 0 Å². The Bertz CT molecular complexity index is 927. The zero-order valence-electron chi connectivity index (χ0n) is 21.0. The highest BCUT2D eigenvalue weighted by Crippen LogP contribution is 2.20. The van der Waals surface area contributed by atoms with Gasteiger partial charge in [0, 0.05) is 32.4 Å². The largest absolute Gasteiger partial charge is 0.480 e. The lowest BCUT2D eigenvalue weighted by Crippen LogP contribution is -2.38. The quantitative estimate of drug-likeness (QED) is 0.324. The first-order valence-electron chi connectivity index (χ1n) is 12.3. The maximum Gasteiger partial charge on any atom is 0.326 e. The molecule has 2 aromatic heterocycles. The smallest absolute Gasteiger partial charge is 0.326 e. The first-order valence-corrected chi connectivity index (χ1v) is 12.3. The van der Waals surface area contributed by atoms with E-state index in [0.717, 1.165) is 63.3 Å². The normalized spacial score (nSPS) is 14.6. The summed E-state index contributed by atoms with van der Waals surface area (Å²) in [5.41, 5.74) is 2.42. The number of rotatable bonds is 15. The van der Waals surface area contributed by atoms with Crippen LogP contribution < -0.4 is 15.4 Å². The summed E-state index contributed by atoms with van der Waals surface area (Å²) in [5.74, 6) is 0.901. The highest BCUT2D eigenvalue weighted by molar-refractivity contribution is 5.76. The van der Waals surface area contributed by atoms with Crippen molar-refractivity contribution < 1.29 is 19.4 Å². The van der Waals surface area contributed by atoms with Crippen LogP contribution in [0.5, 0.6) is 5.88 Å². The maximum absolute atomic E-state index is 11.8.